The van der Waals surface area contributed by atoms with Gasteiger partial charge < -0.3 is 11.7 Å². The van der Waals surface area contributed by atoms with E-state index in [0.717, 1.165) is 23.0 Å². The van der Waals surface area contributed by atoms with Gasteiger partial charge in [-0.1, -0.05) is 95.6 Å². The van der Waals surface area contributed by atoms with Gasteiger partial charge in [0, 0.05) is 23.0 Å². The maximum absolute atomic E-state index is 6.31. The number of thioether (sulfide) groups is 4. The maximum atomic E-state index is 6.31. The van der Waals surface area contributed by atoms with Crippen molar-refractivity contribution < 1.29 is 0 Å². The zero-order valence-electron chi connectivity index (χ0n) is 16.9. The highest BCUT2D eigenvalue weighted by Gasteiger charge is 2.16. The summed E-state index contributed by atoms with van der Waals surface area (Å²) < 4.78 is 3.17. The Bertz CT molecular complexity index is 1050. The second kappa shape index (κ2) is 9.69. The molecule has 164 valence electrons. The molecule has 0 atom stereocenters. The van der Waals surface area contributed by atoms with Gasteiger partial charge in [0.15, 0.2) is 0 Å². The zero-order valence-corrected chi connectivity index (χ0v) is 20.2. The number of hydrogen-bond donors (Lipinski definition) is 2. The largest absolute Gasteiger partial charge is 0.335 e. The van der Waals surface area contributed by atoms with Gasteiger partial charge in [-0.2, -0.15) is 0 Å². The molecule has 8 nitrogen and oxygen atoms in total. The first-order valence-electron chi connectivity index (χ1n) is 9.75. The monoisotopic (exact) mass is 500 g/mol. The molecule has 32 heavy (non-hydrogen) atoms. The van der Waals surface area contributed by atoms with E-state index in [2.05, 4.69) is 44.7 Å². The van der Waals surface area contributed by atoms with Crippen LogP contribution in [0.15, 0.2) is 69.2 Å². The molecule has 1 aliphatic rings. The van der Waals surface area contributed by atoms with Crippen LogP contribution in [0.3, 0.4) is 0 Å². The van der Waals surface area contributed by atoms with Gasteiger partial charge in [-0.3, -0.25) is 0 Å². The van der Waals surface area contributed by atoms with Crippen molar-refractivity contribution >= 4 is 47.0 Å². The maximum Gasteiger partial charge on any atom is 0.210 e. The number of nitrogens with two attached hydrogens (primary N) is 2. The second-order valence-electron chi connectivity index (χ2n) is 6.96. The molecule has 4 N–H and O–H groups in total. The van der Waals surface area contributed by atoms with Crippen molar-refractivity contribution in [1.29, 1.82) is 0 Å². The summed E-state index contributed by atoms with van der Waals surface area (Å²) in [6, 6.07) is 16.7. The summed E-state index contributed by atoms with van der Waals surface area (Å²) in [5.41, 5.74) is 4.87. The first-order chi connectivity index (χ1) is 15.7. The van der Waals surface area contributed by atoms with Gasteiger partial charge in [-0.05, 0) is 22.3 Å². The summed E-state index contributed by atoms with van der Waals surface area (Å²) in [4.78, 5) is 0. The molecule has 0 unspecified atom stereocenters. The van der Waals surface area contributed by atoms with Crippen LogP contribution in [0.1, 0.15) is 22.3 Å². The van der Waals surface area contributed by atoms with Crippen LogP contribution < -0.4 is 11.7 Å². The van der Waals surface area contributed by atoms with E-state index < -0.39 is 0 Å². The molecule has 4 bridgehead atoms. The van der Waals surface area contributed by atoms with Gasteiger partial charge in [0.2, 0.25) is 20.6 Å². The highest BCUT2D eigenvalue weighted by atomic mass is 32.2. The number of nitrogens with zero attached hydrogens (tertiary/aromatic N) is 6. The molecular formula is C20H20N8S4. The minimum atomic E-state index is 0.700. The molecule has 0 saturated carbocycles. The lowest BCUT2D eigenvalue weighted by molar-refractivity contribution is 0.780. The minimum Gasteiger partial charge on any atom is -0.335 e. The Hall–Kier alpha value is -2.28. The zero-order chi connectivity index (χ0) is 21.9. The van der Waals surface area contributed by atoms with Crippen LogP contribution >= 0.6 is 47.0 Å². The lowest BCUT2D eigenvalue weighted by Gasteiger charge is -2.11. The van der Waals surface area contributed by atoms with Crippen LogP contribution in [0, 0.1) is 0 Å². The summed E-state index contributed by atoms with van der Waals surface area (Å²) in [5, 5.41) is 20.0. The van der Waals surface area contributed by atoms with Crippen LogP contribution in [0.2, 0.25) is 0 Å². The van der Waals surface area contributed by atoms with Crippen molar-refractivity contribution in [2.75, 3.05) is 11.7 Å². The Morgan fingerprint density at radius 1 is 0.500 bits per heavy atom. The van der Waals surface area contributed by atoms with Gasteiger partial charge in [0.25, 0.3) is 0 Å². The van der Waals surface area contributed by atoms with Crippen molar-refractivity contribution in [1.82, 2.24) is 29.7 Å². The summed E-state index contributed by atoms with van der Waals surface area (Å²) >= 11 is 6.32. The highest BCUT2D eigenvalue weighted by Crippen LogP contribution is 2.32. The van der Waals surface area contributed by atoms with Gasteiger partial charge >= 0.3 is 0 Å². The number of fused-ring (bicyclic) bond motifs is 6. The fourth-order valence-corrected chi connectivity index (χ4v) is 6.85. The number of rotatable bonds is 0. The molecule has 0 aliphatic carbocycles. The molecule has 2 aromatic heterocycles. The molecule has 0 spiro atoms. The fraction of sp³-hybridized carbons (Fsp3) is 0.200. The van der Waals surface area contributed by atoms with Crippen molar-refractivity contribution in [2.24, 2.45) is 0 Å². The first-order valence-corrected chi connectivity index (χ1v) is 13.7. The molecule has 5 rings (SSSR count). The van der Waals surface area contributed by atoms with E-state index >= 15 is 0 Å². The number of hydrogen-bond acceptors (Lipinski definition) is 10. The predicted octanol–water partition coefficient (Wildman–Crippen LogP) is 3.78. The standard InChI is InChI=1S/C20H20N8S4/c21-27-17-23-25-19(27)31-11-15-7-3-4-8-16(15)12-32-20-26-24-18(28(20)22)30-10-14-6-2-1-5-13(14)9-29-17/h1-8H,9-12,21-22H2. The van der Waals surface area contributed by atoms with Crippen molar-refractivity contribution in [2.45, 2.75) is 43.6 Å². The summed E-state index contributed by atoms with van der Waals surface area (Å²) in [6.45, 7) is 0. The van der Waals surface area contributed by atoms with Crippen molar-refractivity contribution in [3.05, 3.63) is 70.8 Å². The van der Waals surface area contributed by atoms with Crippen LogP contribution in [0.5, 0.6) is 0 Å². The highest BCUT2D eigenvalue weighted by molar-refractivity contribution is 7.99. The SMILES string of the molecule is Nn1c2nnc1SCc1ccccc1CSc1nnc(n1N)SCc1ccccc1CS2. The van der Waals surface area contributed by atoms with Crippen LogP contribution in [0.25, 0.3) is 0 Å². The summed E-state index contributed by atoms with van der Waals surface area (Å²) in [6.07, 6.45) is 0. The lowest BCUT2D eigenvalue weighted by atomic mass is 10.1. The average Bonchev–Trinajstić information content (AvgIpc) is 3.35. The molecule has 4 aromatic rings. The Kier molecular flexibility index (Phi) is 6.53. The molecule has 0 saturated heterocycles. The Morgan fingerprint density at radius 2 is 0.750 bits per heavy atom. The Balaban J connectivity index is 1.47. The number of aromatic nitrogens is 6. The second-order valence-corrected chi connectivity index (χ2v) is 10.7. The minimum absolute atomic E-state index is 0.700. The first kappa shape index (κ1) is 21.6. The smallest absolute Gasteiger partial charge is 0.210 e. The van der Waals surface area contributed by atoms with Crippen LogP contribution in [0.4, 0.5) is 0 Å². The molecule has 1 aliphatic heterocycles. The van der Waals surface area contributed by atoms with Gasteiger partial charge in [0.05, 0.1) is 0 Å². The summed E-state index contributed by atoms with van der Waals surface area (Å²) in [7, 11) is 0. The van der Waals surface area contributed by atoms with Gasteiger partial charge in [0.1, 0.15) is 0 Å². The molecule has 0 fully saturated rings. The fourth-order valence-electron chi connectivity index (χ4n) is 3.17. The van der Waals surface area contributed by atoms with Crippen LogP contribution in [-0.2, 0) is 23.0 Å². The Labute approximate surface area is 202 Å². The van der Waals surface area contributed by atoms with E-state index in [9.17, 15) is 0 Å². The molecule has 12 heteroatoms. The quantitative estimate of drug-likeness (QED) is 0.346. The van der Waals surface area contributed by atoms with Crippen molar-refractivity contribution in [3.63, 3.8) is 0 Å². The van der Waals surface area contributed by atoms with Crippen LogP contribution in [-0.4, -0.2) is 29.7 Å². The molecule has 0 amide bonds. The Morgan fingerprint density at radius 3 is 1.00 bits per heavy atom. The third kappa shape index (κ3) is 4.58. The van der Waals surface area contributed by atoms with E-state index in [4.69, 9.17) is 11.7 Å². The van der Waals surface area contributed by atoms with E-state index in [0.29, 0.717) is 20.6 Å². The topological polar surface area (TPSA) is 113 Å². The third-order valence-electron chi connectivity index (χ3n) is 4.93. The molecule has 2 aromatic carbocycles. The summed E-state index contributed by atoms with van der Waals surface area (Å²) in [5.74, 6) is 15.6. The third-order valence-corrected chi connectivity index (χ3v) is 8.90. The number of nitrogen functional groups attached to an aromatic ring is 2. The average molecular weight is 501 g/mol. The van der Waals surface area contributed by atoms with Gasteiger partial charge in [-0.25, -0.2) is 9.35 Å². The van der Waals surface area contributed by atoms with E-state index in [1.807, 2.05) is 24.3 Å². The lowest BCUT2D eigenvalue weighted by Crippen LogP contribution is -2.12. The molecule has 0 radical (unpaired) electrons. The molecule has 3 heterocycles. The molecular weight excluding hydrogens is 481 g/mol. The van der Waals surface area contributed by atoms with Crippen molar-refractivity contribution in [3.8, 4) is 0 Å². The predicted molar refractivity (Wildman–Crippen MR) is 131 cm³/mol. The van der Waals surface area contributed by atoms with E-state index in [1.54, 1.807) is 56.4 Å². The van der Waals surface area contributed by atoms with Gasteiger partial charge in [-0.15, -0.1) is 20.4 Å². The number of benzene rings is 2. The normalized spacial score (nSPS) is 14.8. The van der Waals surface area contributed by atoms with E-state index in [1.165, 1.54) is 22.3 Å². The van der Waals surface area contributed by atoms with E-state index in [-0.39, 0.29) is 0 Å².